The third-order valence-electron chi connectivity index (χ3n) is 4.80. The molecule has 0 bridgehead atoms. The van der Waals surface area contributed by atoms with Crippen molar-refractivity contribution < 1.29 is 9.84 Å². The van der Waals surface area contributed by atoms with Gasteiger partial charge < -0.3 is 19.6 Å². The van der Waals surface area contributed by atoms with Gasteiger partial charge in [0.05, 0.1) is 11.9 Å². The van der Waals surface area contributed by atoms with E-state index in [-0.39, 0.29) is 18.6 Å². The number of nitrogens with zero attached hydrogens (tertiary/aromatic N) is 4. The number of unbranched alkanes of at least 4 members (excludes halogenated alkanes) is 1. The molecular formula is C22H31N5O2. The van der Waals surface area contributed by atoms with E-state index in [2.05, 4.69) is 36.1 Å². The summed E-state index contributed by atoms with van der Waals surface area (Å²) >= 11 is 0. The Morgan fingerprint density at radius 3 is 2.79 bits per heavy atom. The normalized spacial score (nSPS) is 12.4. The number of pyridine rings is 1. The van der Waals surface area contributed by atoms with Gasteiger partial charge in [-0.05, 0) is 25.0 Å². The summed E-state index contributed by atoms with van der Waals surface area (Å²) in [5.74, 6) is 2.27. The highest BCUT2D eigenvalue weighted by molar-refractivity contribution is 5.50. The highest BCUT2D eigenvalue weighted by Gasteiger charge is 2.16. The lowest BCUT2D eigenvalue weighted by atomic mass is 10.1. The number of fused-ring (bicyclic) bond motifs is 1. The van der Waals surface area contributed by atoms with Gasteiger partial charge in [0.25, 0.3) is 0 Å². The average molecular weight is 398 g/mol. The maximum absolute atomic E-state index is 9.43. The van der Waals surface area contributed by atoms with Crippen LogP contribution in [0.4, 0.5) is 5.82 Å². The van der Waals surface area contributed by atoms with Gasteiger partial charge >= 0.3 is 0 Å². The molecule has 0 saturated heterocycles. The maximum Gasteiger partial charge on any atom is 0.180 e. The molecule has 1 unspecified atom stereocenters. The fourth-order valence-corrected chi connectivity index (χ4v) is 3.17. The minimum Gasteiger partial charge on any atom is -0.482 e. The molecule has 0 saturated carbocycles. The molecule has 0 aliphatic heterocycles. The molecule has 1 atom stereocenters. The summed E-state index contributed by atoms with van der Waals surface area (Å²) in [7, 11) is 0. The van der Waals surface area contributed by atoms with Crippen LogP contribution in [0.5, 0.6) is 5.75 Å². The molecule has 29 heavy (non-hydrogen) atoms. The molecule has 3 rings (SSSR count). The third-order valence-corrected chi connectivity index (χ3v) is 4.80. The maximum atomic E-state index is 9.43. The number of aliphatic hydroxyl groups excluding tert-OH is 1. The van der Waals surface area contributed by atoms with Gasteiger partial charge in [0.15, 0.2) is 11.6 Å². The Morgan fingerprint density at radius 1 is 1.21 bits per heavy atom. The SMILES string of the molecule is CCCCC(CCO)Nc1nc(C(C)C)ncc1OCc1cn2ccccc2n1. The smallest absolute Gasteiger partial charge is 0.180 e. The van der Waals surface area contributed by atoms with Crippen LogP contribution in [0.15, 0.2) is 36.8 Å². The first-order valence-electron chi connectivity index (χ1n) is 10.4. The Bertz CT molecular complexity index is 876. The lowest BCUT2D eigenvalue weighted by molar-refractivity contribution is 0.275. The first-order chi connectivity index (χ1) is 14.1. The lowest BCUT2D eigenvalue weighted by Crippen LogP contribution is -2.22. The third kappa shape index (κ3) is 5.67. The Balaban J connectivity index is 1.78. The number of aromatic nitrogens is 4. The van der Waals surface area contributed by atoms with Crippen molar-refractivity contribution in [2.75, 3.05) is 11.9 Å². The molecular weight excluding hydrogens is 366 g/mol. The quantitative estimate of drug-likeness (QED) is 0.505. The summed E-state index contributed by atoms with van der Waals surface area (Å²) in [6.45, 7) is 6.78. The first kappa shape index (κ1) is 21.0. The second-order valence-electron chi connectivity index (χ2n) is 7.58. The van der Waals surface area contributed by atoms with Crippen LogP contribution in [0.25, 0.3) is 5.65 Å². The number of anilines is 1. The fraction of sp³-hybridized carbons (Fsp3) is 0.500. The van der Waals surface area contributed by atoms with Crippen LogP contribution in [-0.2, 0) is 6.61 Å². The first-order valence-corrected chi connectivity index (χ1v) is 10.4. The number of imidazole rings is 1. The van der Waals surface area contributed by atoms with Gasteiger partial charge in [-0.15, -0.1) is 0 Å². The number of nitrogens with one attached hydrogen (secondary N) is 1. The van der Waals surface area contributed by atoms with Crippen molar-refractivity contribution in [3.05, 3.63) is 48.3 Å². The Kier molecular flexibility index (Phi) is 7.41. The summed E-state index contributed by atoms with van der Waals surface area (Å²) in [6, 6.07) is 6.04. The van der Waals surface area contributed by atoms with Gasteiger partial charge in [0.2, 0.25) is 0 Å². The molecule has 156 valence electrons. The van der Waals surface area contributed by atoms with E-state index in [9.17, 15) is 5.11 Å². The summed E-state index contributed by atoms with van der Waals surface area (Å²) in [5, 5.41) is 12.9. The zero-order valence-corrected chi connectivity index (χ0v) is 17.5. The number of hydrogen-bond acceptors (Lipinski definition) is 6. The molecule has 2 N–H and O–H groups in total. The predicted octanol–water partition coefficient (Wildman–Crippen LogP) is 4.18. The van der Waals surface area contributed by atoms with E-state index in [0.29, 0.717) is 24.6 Å². The van der Waals surface area contributed by atoms with Crippen molar-refractivity contribution in [1.82, 2.24) is 19.4 Å². The highest BCUT2D eigenvalue weighted by atomic mass is 16.5. The van der Waals surface area contributed by atoms with E-state index >= 15 is 0 Å². The zero-order chi connectivity index (χ0) is 20.6. The minimum atomic E-state index is 0.140. The van der Waals surface area contributed by atoms with Crippen molar-refractivity contribution in [3.63, 3.8) is 0 Å². The minimum absolute atomic E-state index is 0.140. The molecule has 0 aliphatic rings. The standard InChI is InChI=1S/C22H31N5O2/c1-4-5-8-17(10-12-28)25-22-19(13-23-21(26-22)16(2)3)29-15-18-14-27-11-7-6-9-20(27)24-18/h6-7,9,11,13-14,16-17,28H,4-5,8,10,12,15H2,1-3H3,(H,23,25,26). The van der Waals surface area contributed by atoms with Gasteiger partial charge in [-0.25, -0.2) is 15.0 Å². The van der Waals surface area contributed by atoms with Gasteiger partial charge in [-0.3, -0.25) is 0 Å². The number of hydrogen-bond donors (Lipinski definition) is 2. The van der Waals surface area contributed by atoms with Crippen molar-refractivity contribution >= 4 is 11.5 Å². The molecule has 0 aromatic carbocycles. The summed E-state index contributed by atoms with van der Waals surface area (Å²) in [4.78, 5) is 13.7. The highest BCUT2D eigenvalue weighted by Crippen LogP contribution is 2.26. The van der Waals surface area contributed by atoms with Crippen LogP contribution >= 0.6 is 0 Å². The molecule has 0 spiro atoms. The van der Waals surface area contributed by atoms with Crippen molar-refractivity contribution in [2.24, 2.45) is 0 Å². The molecule has 3 aromatic rings. The largest absolute Gasteiger partial charge is 0.482 e. The van der Waals surface area contributed by atoms with Crippen LogP contribution in [0, 0.1) is 0 Å². The molecule has 0 aliphatic carbocycles. The topological polar surface area (TPSA) is 84.6 Å². The van der Waals surface area contributed by atoms with Crippen LogP contribution < -0.4 is 10.1 Å². The summed E-state index contributed by atoms with van der Waals surface area (Å²) in [5.41, 5.74) is 1.73. The van der Waals surface area contributed by atoms with E-state index in [1.165, 1.54) is 0 Å². The molecule has 3 aromatic heterocycles. The Hall–Kier alpha value is -2.67. The molecule has 3 heterocycles. The number of rotatable bonds is 11. The van der Waals surface area contributed by atoms with Gasteiger partial charge in [0, 0.05) is 31.0 Å². The molecule has 0 fully saturated rings. The predicted molar refractivity (Wildman–Crippen MR) is 114 cm³/mol. The molecule has 7 nitrogen and oxygen atoms in total. The van der Waals surface area contributed by atoms with Gasteiger partial charge in [-0.1, -0.05) is 39.7 Å². The van der Waals surface area contributed by atoms with E-state index in [1.54, 1.807) is 6.20 Å². The lowest BCUT2D eigenvalue weighted by Gasteiger charge is -2.21. The summed E-state index contributed by atoms with van der Waals surface area (Å²) < 4.78 is 8.02. The Morgan fingerprint density at radius 2 is 2.07 bits per heavy atom. The van der Waals surface area contributed by atoms with E-state index in [1.807, 2.05) is 35.0 Å². The van der Waals surface area contributed by atoms with Crippen molar-refractivity contribution in [3.8, 4) is 5.75 Å². The van der Waals surface area contributed by atoms with E-state index < -0.39 is 0 Å². The number of ether oxygens (including phenoxy) is 1. The van der Waals surface area contributed by atoms with Crippen LogP contribution in [0.3, 0.4) is 0 Å². The molecule has 0 amide bonds. The second-order valence-corrected chi connectivity index (χ2v) is 7.58. The van der Waals surface area contributed by atoms with E-state index in [4.69, 9.17) is 9.72 Å². The van der Waals surface area contributed by atoms with Gasteiger partial charge in [-0.2, -0.15) is 0 Å². The Labute approximate surface area is 172 Å². The van der Waals surface area contributed by atoms with Crippen molar-refractivity contribution in [2.45, 2.75) is 65.0 Å². The van der Waals surface area contributed by atoms with Crippen LogP contribution in [-0.4, -0.2) is 37.1 Å². The van der Waals surface area contributed by atoms with Crippen LogP contribution in [0.1, 0.15) is 63.9 Å². The van der Waals surface area contributed by atoms with Crippen molar-refractivity contribution in [1.29, 1.82) is 0 Å². The second kappa shape index (κ2) is 10.2. The summed E-state index contributed by atoms with van der Waals surface area (Å²) in [6.07, 6.45) is 9.51. The fourth-order valence-electron chi connectivity index (χ4n) is 3.17. The van der Waals surface area contributed by atoms with Gasteiger partial charge in [0.1, 0.15) is 18.1 Å². The van der Waals surface area contributed by atoms with E-state index in [0.717, 1.165) is 36.4 Å². The monoisotopic (exact) mass is 397 g/mol. The number of aliphatic hydroxyl groups is 1. The molecule has 0 radical (unpaired) electrons. The molecule has 7 heteroatoms. The average Bonchev–Trinajstić information content (AvgIpc) is 3.14. The van der Waals surface area contributed by atoms with Crippen LogP contribution in [0.2, 0.25) is 0 Å². The zero-order valence-electron chi connectivity index (χ0n) is 17.5.